The van der Waals surface area contributed by atoms with Crippen molar-refractivity contribution in [3.05, 3.63) is 63.4 Å². The monoisotopic (exact) mass is 323 g/mol. The van der Waals surface area contributed by atoms with E-state index in [4.69, 9.17) is 11.6 Å². The smallest absolute Gasteiger partial charge is 0.289 e. The number of nitro benzene ring substituents is 1. The number of nitrogens with one attached hydrogen (secondary N) is 2. The Morgan fingerprint density at radius 3 is 2.68 bits per heavy atom. The molecule has 114 valence electrons. The Labute approximate surface area is 130 Å². The van der Waals surface area contributed by atoms with Crippen molar-refractivity contribution in [2.75, 3.05) is 17.2 Å². The first-order valence-electron chi connectivity index (χ1n) is 6.19. The van der Waals surface area contributed by atoms with Gasteiger partial charge in [-0.1, -0.05) is 17.7 Å². The molecule has 0 aliphatic carbocycles. The van der Waals surface area contributed by atoms with E-state index in [9.17, 15) is 19.3 Å². The number of hydrogen-bond acceptors (Lipinski definition) is 4. The van der Waals surface area contributed by atoms with Crippen molar-refractivity contribution >= 4 is 34.6 Å². The second kappa shape index (κ2) is 6.86. The zero-order valence-electron chi connectivity index (χ0n) is 11.2. The van der Waals surface area contributed by atoms with Gasteiger partial charge in [0.2, 0.25) is 5.91 Å². The Balaban J connectivity index is 1.96. The van der Waals surface area contributed by atoms with Gasteiger partial charge in [-0.25, -0.2) is 4.39 Å². The van der Waals surface area contributed by atoms with Gasteiger partial charge in [0.25, 0.3) is 5.69 Å². The van der Waals surface area contributed by atoms with E-state index in [0.717, 1.165) is 0 Å². The number of benzene rings is 2. The van der Waals surface area contributed by atoms with E-state index in [1.807, 2.05) is 0 Å². The number of hydrogen-bond donors (Lipinski definition) is 2. The summed E-state index contributed by atoms with van der Waals surface area (Å²) in [5, 5.41) is 16.0. The molecule has 0 heterocycles. The zero-order chi connectivity index (χ0) is 16.1. The lowest BCUT2D eigenvalue weighted by Gasteiger charge is -2.08. The largest absolute Gasteiger partial charge is 0.376 e. The van der Waals surface area contributed by atoms with Gasteiger partial charge in [-0.2, -0.15) is 0 Å². The number of nitrogens with zero attached hydrogens (tertiary/aromatic N) is 1. The van der Waals surface area contributed by atoms with Gasteiger partial charge >= 0.3 is 0 Å². The summed E-state index contributed by atoms with van der Waals surface area (Å²) in [6.07, 6.45) is 0. The molecule has 2 aromatic carbocycles. The quantitative estimate of drug-likeness (QED) is 0.652. The molecule has 2 aromatic rings. The highest BCUT2D eigenvalue weighted by atomic mass is 35.5. The van der Waals surface area contributed by atoms with Crippen LogP contribution in [0.2, 0.25) is 5.02 Å². The van der Waals surface area contributed by atoms with E-state index in [-0.39, 0.29) is 17.3 Å². The molecule has 2 N–H and O–H groups in total. The summed E-state index contributed by atoms with van der Waals surface area (Å²) in [6.45, 7) is -0.130. The number of carbonyl (C=O) groups is 1. The molecule has 0 saturated heterocycles. The molecular formula is C14H11ClFN3O3. The Bertz CT molecular complexity index is 724. The molecule has 0 saturated carbocycles. The van der Waals surface area contributed by atoms with E-state index < -0.39 is 16.6 Å². The Morgan fingerprint density at radius 2 is 2.00 bits per heavy atom. The summed E-state index contributed by atoms with van der Waals surface area (Å²) in [5.74, 6) is -0.873. The van der Waals surface area contributed by atoms with Crippen molar-refractivity contribution in [1.82, 2.24) is 0 Å². The highest BCUT2D eigenvalue weighted by Gasteiger charge is 2.13. The third kappa shape index (κ3) is 4.16. The highest BCUT2D eigenvalue weighted by molar-refractivity contribution is 6.32. The molecule has 0 spiro atoms. The summed E-state index contributed by atoms with van der Waals surface area (Å²) in [5.41, 5.74) is 0.455. The maximum absolute atomic E-state index is 13.0. The highest BCUT2D eigenvalue weighted by Crippen LogP contribution is 2.27. The summed E-state index contributed by atoms with van der Waals surface area (Å²) in [4.78, 5) is 21.9. The molecule has 0 aromatic heterocycles. The Morgan fingerprint density at radius 1 is 1.23 bits per heavy atom. The number of nitro groups is 1. The summed E-state index contributed by atoms with van der Waals surface area (Å²) >= 11 is 5.69. The zero-order valence-corrected chi connectivity index (χ0v) is 11.9. The molecule has 0 bridgehead atoms. The fourth-order valence-corrected chi connectivity index (χ4v) is 1.90. The predicted molar refractivity (Wildman–Crippen MR) is 81.6 cm³/mol. The van der Waals surface area contributed by atoms with E-state index in [1.165, 1.54) is 36.4 Å². The molecule has 0 radical (unpaired) electrons. The normalized spacial score (nSPS) is 10.1. The molecule has 2 rings (SSSR count). The minimum absolute atomic E-state index is 0.0137. The maximum Gasteiger partial charge on any atom is 0.289 e. The minimum Gasteiger partial charge on any atom is -0.376 e. The molecule has 1 amide bonds. The maximum atomic E-state index is 13.0. The molecular weight excluding hydrogens is 313 g/mol. The van der Waals surface area contributed by atoms with Gasteiger partial charge in [0.15, 0.2) is 0 Å². The van der Waals surface area contributed by atoms with Gasteiger partial charge in [0.1, 0.15) is 10.8 Å². The average Bonchev–Trinajstić information content (AvgIpc) is 2.46. The topological polar surface area (TPSA) is 84.3 Å². The molecule has 8 heteroatoms. The number of rotatable bonds is 5. The lowest BCUT2D eigenvalue weighted by atomic mass is 10.2. The third-order valence-corrected chi connectivity index (χ3v) is 3.02. The van der Waals surface area contributed by atoms with Gasteiger partial charge in [-0.15, -0.1) is 0 Å². The van der Waals surface area contributed by atoms with E-state index in [1.54, 1.807) is 6.07 Å². The van der Waals surface area contributed by atoms with Gasteiger partial charge in [0.05, 0.1) is 11.5 Å². The van der Waals surface area contributed by atoms with Crippen molar-refractivity contribution in [3.8, 4) is 0 Å². The molecule has 0 fully saturated rings. The SMILES string of the molecule is O=C(CNc1ccc(Cl)c([N+](=O)[O-])c1)Nc1cccc(F)c1. The number of halogens is 2. The van der Waals surface area contributed by atoms with Crippen molar-refractivity contribution in [1.29, 1.82) is 0 Å². The van der Waals surface area contributed by atoms with Crippen LogP contribution in [0.1, 0.15) is 0 Å². The fourth-order valence-electron chi connectivity index (χ4n) is 1.72. The third-order valence-electron chi connectivity index (χ3n) is 2.70. The first-order chi connectivity index (χ1) is 10.5. The van der Waals surface area contributed by atoms with Gasteiger partial charge in [-0.05, 0) is 30.3 Å². The van der Waals surface area contributed by atoms with Crippen LogP contribution >= 0.6 is 11.6 Å². The van der Waals surface area contributed by atoms with Crippen LogP contribution < -0.4 is 10.6 Å². The molecule has 0 atom stereocenters. The van der Waals surface area contributed by atoms with E-state index in [0.29, 0.717) is 11.4 Å². The van der Waals surface area contributed by atoms with Crippen LogP contribution in [0.15, 0.2) is 42.5 Å². The predicted octanol–water partition coefficient (Wildman–Crippen LogP) is 3.44. The molecule has 22 heavy (non-hydrogen) atoms. The first kappa shape index (κ1) is 15.7. The number of anilines is 2. The first-order valence-corrected chi connectivity index (χ1v) is 6.57. The number of carbonyl (C=O) groups excluding carboxylic acids is 1. The van der Waals surface area contributed by atoms with Crippen molar-refractivity contribution in [3.63, 3.8) is 0 Å². The Hall–Kier alpha value is -2.67. The molecule has 6 nitrogen and oxygen atoms in total. The minimum atomic E-state index is -0.611. The summed E-state index contributed by atoms with van der Waals surface area (Å²) < 4.78 is 13.0. The lowest BCUT2D eigenvalue weighted by Crippen LogP contribution is -2.21. The van der Waals surface area contributed by atoms with Crippen LogP contribution in [0.3, 0.4) is 0 Å². The fraction of sp³-hybridized carbons (Fsp3) is 0.0714. The lowest BCUT2D eigenvalue weighted by molar-refractivity contribution is -0.384. The second-order valence-corrected chi connectivity index (χ2v) is 4.74. The molecule has 0 aliphatic rings. The van der Waals surface area contributed by atoms with E-state index >= 15 is 0 Å². The second-order valence-electron chi connectivity index (χ2n) is 4.34. The van der Waals surface area contributed by atoms with Gasteiger partial charge < -0.3 is 10.6 Å². The van der Waals surface area contributed by atoms with Crippen LogP contribution in [0.25, 0.3) is 0 Å². The van der Waals surface area contributed by atoms with E-state index in [2.05, 4.69) is 10.6 Å². The molecule has 0 aliphatic heterocycles. The standard InChI is InChI=1S/C14H11ClFN3O3/c15-12-5-4-10(7-13(12)19(21)22)17-8-14(20)18-11-3-1-2-9(16)6-11/h1-7,17H,8H2,(H,18,20). The summed E-state index contributed by atoms with van der Waals surface area (Å²) in [6, 6.07) is 9.59. The van der Waals surface area contributed by atoms with Crippen LogP contribution in [0.5, 0.6) is 0 Å². The average molecular weight is 324 g/mol. The van der Waals surface area contributed by atoms with Crippen molar-refractivity contribution in [2.45, 2.75) is 0 Å². The van der Waals surface area contributed by atoms with Gasteiger partial charge in [-0.3, -0.25) is 14.9 Å². The number of amides is 1. The van der Waals surface area contributed by atoms with Crippen molar-refractivity contribution in [2.24, 2.45) is 0 Å². The van der Waals surface area contributed by atoms with Gasteiger partial charge in [0, 0.05) is 17.4 Å². The van der Waals surface area contributed by atoms with Crippen LogP contribution in [0.4, 0.5) is 21.5 Å². The van der Waals surface area contributed by atoms with Crippen LogP contribution in [-0.4, -0.2) is 17.4 Å². The van der Waals surface area contributed by atoms with Crippen molar-refractivity contribution < 1.29 is 14.1 Å². The molecule has 0 unspecified atom stereocenters. The van der Waals surface area contributed by atoms with Crippen LogP contribution in [0, 0.1) is 15.9 Å². The summed E-state index contributed by atoms with van der Waals surface area (Å²) in [7, 11) is 0. The van der Waals surface area contributed by atoms with Crippen LogP contribution in [-0.2, 0) is 4.79 Å². The Kier molecular flexibility index (Phi) is 4.90.